The van der Waals surface area contributed by atoms with Gasteiger partial charge in [-0.15, -0.1) is 0 Å². The number of halogens is 1. The molecule has 2 aromatic rings. The summed E-state index contributed by atoms with van der Waals surface area (Å²) in [6.07, 6.45) is 27.5. The molecule has 0 unspecified atom stereocenters. The van der Waals surface area contributed by atoms with E-state index in [4.69, 9.17) is 10.5 Å². The molecule has 340 valence electrons. The van der Waals surface area contributed by atoms with E-state index in [1.54, 1.807) is 29.2 Å². The SMILES string of the molecule is C[C@@]1(O)CC[C@@]23C[C@@]2(CC[C@H]2[C@@H]4CC[C@H](C(=O)CBr)[C@@]4(C)CC[C@@H]23)C1.C[C@@]1(O)CC[C@@]23C[C@@]2(CC[C@H]2[C@@H]4CC[C@H](C(=O)Cn5ccc(C#N)n5)[C@@]4(C)CC[C@@H]23)C1.N#Cc1ccn[nH]1. The van der Waals surface area contributed by atoms with Gasteiger partial charge in [0, 0.05) is 18.0 Å². The Kier molecular flexibility index (Phi) is 10.5. The van der Waals surface area contributed by atoms with Crippen LogP contribution in [0.5, 0.6) is 0 Å². The molecule has 2 heterocycles. The predicted octanol–water partition coefficient (Wildman–Crippen LogP) is 9.88. The Hall–Kier alpha value is -2.86. The third kappa shape index (κ3) is 6.75. The second-order valence-corrected chi connectivity index (χ2v) is 25.0. The van der Waals surface area contributed by atoms with Crippen LogP contribution in [0.2, 0.25) is 0 Å². The highest BCUT2D eigenvalue weighted by Gasteiger charge is 2.78. The van der Waals surface area contributed by atoms with Crippen LogP contribution in [0.15, 0.2) is 24.5 Å². The molecule has 10 saturated carbocycles. The molecule has 0 aliphatic heterocycles. The van der Waals surface area contributed by atoms with Crippen molar-refractivity contribution in [1.82, 2.24) is 20.0 Å². The van der Waals surface area contributed by atoms with Gasteiger partial charge in [-0.25, -0.2) is 0 Å². The van der Waals surface area contributed by atoms with Crippen LogP contribution < -0.4 is 0 Å². The number of alkyl halides is 1. The molecule has 0 amide bonds. The number of fused-ring (bicyclic) bond motifs is 6. The molecule has 0 bridgehead atoms. The number of rotatable bonds is 5. The maximum Gasteiger partial charge on any atom is 0.162 e. The number of nitriles is 2. The van der Waals surface area contributed by atoms with Gasteiger partial charge < -0.3 is 10.2 Å². The summed E-state index contributed by atoms with van der Waals surface area (Å²) in [4.78, 5) is 25.9. The second kappa shape index (κ2) is 15.1. The second-order valence-electron chi connectivity index (χ2n) is 24.4. The van der Waals surface area contributed by atoms with E-state index in [1.807, 2.05) is 12.1 Å². The molecule has 10 aliphatic rings. The lowest BCUT2D eigenvalue weighted by Crippen LogP contribution is -2.51. The van der Waals surface area contributed by atoms with E-state index >= 15 is 0 Å². The Balaban J connectivity index is 0.000000132. The number of hydrogen-bond donors (Lipinski definition) is 3. The highest BCUT2D eigenvalue weighted by atomic mass is 79.9. The molecular formula is C52H71BrN6O4. The van der Waals surface area contributed by atoms with Gasteiger partial charge in [-0.05, 0) is 222 Å². The molecule has 0 spiro atoms. The first-order valence-corrected chi connectivity index (χ1v) is 25.9. The predicted molar refractivity (Wildman–Crippen MR) is 242 cm³/mol. The van der Waals surface area contributed by atoms with Crippen molar-refractivity contribution in [2.45, 2.75) is 174 Å². The number of carbonyl (C=O) groups is 2. The van der Waals surface area contributed by atoms with Gasteiger partial charge in [0.1, 0.15) is 23.6 Å². The van der Waals surface area contributed by atoms with Crippen molar-refractivity contribution < 1.29 is 19.8 Å². The van der Waals surface area contributed by atoms with Crippen LogP contribution in [0, 0.1) is 102 Å². The quantitative estimate of drug-likeness (QED) is 0.249. The number of aromatic nitrogens is 4. The number of nitrogens with zero attached hydrogens (tertiary/aromatic N) is 5. The van der Waals surface area contributed by atoms with Crippen LogP contribution in [0.4, 0.5) is 0 Å². The lowest BCUT2D eigenvalue weighted by atomic mass is 9.48. The first-order valence-electron chi connectivity index (χ1n) is 24.8. The van der Waals surface area contributed by atoms with Crippen LogP contribution in [-0.2, 0) is 16.1 Å². The molecule has 11 heteroatoms. The molecule has 0 saturated heterocycles. The average Bonchev–Trinajstić information content (AvgIpc) is 3.60. The number of ketones is 2. The summed E-state index contributed by atoms with van der Waals surface area (Å²) < 4.78 is 1.65. The van der Waals surface area contributed by atoms with E-state index in [2.05, 4.69) is 58.9 Å². The molecular weight excluding hydrogens is 853 g/mol. The van der Waals surface area contributed by atoms with E-state index in [0.29, 0.717) is 68.3 Å². The molecule has 10 fully saturated rings. The number of carbonyl (C=O) groups excluding carboxylic acids is 2. The molecule has 3 N–H and O–H groups in total. The van der Waals surface area contributed by atoms with E-state index in [0.717, 1.165) is 68.1 Å². The zero-order chi connectivity index (χ0) is 44.4. The number of aromatic amines is 1. The van der Waals surface area contributed by atoms with Crippen LogP contribution in [0.1, 0.15) is 167 Å². The van der Waals surface area contributed by atoms with Gasteiger partial charge in [0.2, 0.25) is 0 Å². The van der Waals surface area contributed by atoms with Gasteiger partial charge in [0.05, 0.1) is 29.3 Å². The highest BCUT2D eigenvalue weighted by molar-refractivity contribution is 9.09. The van der Waals surface area contributed by atoms with Crippen LogP contribution in [-0.4, -0.2) is 58.3 Å². The molecule has 0 aromatic carbocycles. The summed E-state index contributed by atoms with van der Waals surface area (Å²) in [5.74, 6) is 5.94. The lowest BCUT2D eigenvalue weighted by Gasteiger charge is -2.56. The van der Waals surface area contributed by atoms with Crippen molar-refractivity contribution in [2.75, 3.05) is 5.33 Å². The topological polar surface area (TPSA) is 169 Å². The maximum atomic E-state index is 13.3. The minimum absolute atomic E-state index is 0.120. The van der Waals surface area contributed by atoms with Gasteiger partial charge in [0.15, 0.2) is 11.5 Å². The van der Waals surface area contributed by atoms with Gasteiger partial charge in [-0.3, -0.25) is 19.4 Å². The minimum Gasteiger partial charge on any atom is -0.390 e. The van der Waals surface area contributed by atoms with Crippen molar-refractivity contribution >= 4 is 27.5 Å². The summed E-state index contributed by atoms with van der Waals surface area (Å²) in [7, 11) is 0. The number of hydrogen-bond acceptors (Lipinski definition) is 8. The largest absolute Gasteiger partial charge is 0.390 e. The smallest absolute Gasteiger partial charge is 0.162 e. The van der Waals surface area contributed by atoms with E-state index in [1.165, 1.54) is 89.9 Å². The average molecular weight is 924 g/mol. The van der Waals surface area contributed by atoms with E-state index in [-0.39, 0.29) is 16.7 Å². The van der Waals surface area contributed by atoms with Crippen LogP contribution >= 0.6 is 15.9 Å². The molecule has 16 atom stereocenters. The standard InChI is InChI=1S/C26H35N3O2.C22H33BrO2.C4H3N3/c1-23(31)10-11-26-16-25(26,15-23)9-5-18-19-3-4-21(24(19,2)8-6-20(18)26)22(30)14-29-12-7-17(13-27)28-29;1-19(25)9-10-22-13-21(22,12-19)8-5-14-15-3-4-17(18(24)11-23)20(15,2)7-6-16(14)22;5-3-4-1-2-6-7-4/h7,12,18-21,31H,3-6,8-11,14-16H2,1-2H3;14-17,25H,3-13H2,1-2H3;1-2H,(H,6,7)/t18-,19-,20-,21+,23+,24-,25+,26-;14-,15-,16-,17+,19+,20-,21+,22-;/m00./s1. The molecule has 2 aromatic heterocycles. The number of Topliss-reactive ketones (excluding diaryl/α,β-unsaturated/α-hetero) is 2. The lowest BCUT2D eigenvalue weighted by molar-refractivity contribution is -0.133. The van der Waals surface area contributed by atoms with Crippen molar-refractivity contribution in [2.24, 2.45) is 79.8 Å². The van der Waals surface area contributed by atoms with Gasteiger partial charge >= 0.3 is 0 Å². The fourth-order valence-electron chi connectivity index (χ4n) is 19.1. The van der Waals surface area contributed by atoms with Crippen molar-refractivity contribution in [3.8, 4) is 12.1 Å². The first kappa shape index (κ1) is 44.0. The fourth-order valence-corrected chi connectivity index (χ4v) is 19.5. The normalized spacial score (nSPS) is 49.0. The monoisotopic (exact) mass is 922 g/mol. The Morgan fingerprint density at radius 3 is 1.68 bits per heavy atom. The van der Waals surface area contributed by atoms with Crippen molar-refractivity contribution in [3.05, 3.63) is 35.9 Å². The molecule has 63 heavy (non-hydrogen) atoms. The zero-order valence-electron chi connectivity index (χ0n) is 38.3. The summed E-state index contributed by atoms with van der Waals surface area (Å²) in [6, 6.07) is 7.23. The Morgan fingerprint density at radius 1 is 0.698 bits per heavy atom. The first-order chi connectivity index (χ1) is 29.9. The number of aliphatic hydroxyl groups is 2. The minimum atomic E-state index is -0.460. The Labute approximate surface area is 383 Å². The van der Waals surface area contributed by atoms with Crippen molar-refractivity contribution in [1.29, 1.82) is 10.5 Å². The summed E-state index contributed by atoms with van der Waals surface area (Å²) in [5.41, 5.74) is 2.36. The molecule has 10 nitrogen and oxygen atoms in total. The van der Waals surface area contributed by atoms with Crippen molar-refractivity contribution in [3.63, 3.8) is 0 Å². The van der Waals surface area contributed by atoms with Crippen LogP contribution in [0.25, 0.3) is 0 Å². The fraction of sp³-hybridized carbons (Fsp3) is 0.808. The van der Waals surface area contributed by atoms with E-state index < -0.39 is 11.2 Å². The van der Waals surface area contributed by atoms with Gasteiger partial charge in [-0.2, -0.15) is 20.7 Å². The molecule has 10 aliphatic carbocycles. The Morgan fingerprint density at radius 2 is 1.24 bits per heavy atom. The number of nitrogens with one attached hydrogen (secondary N) is 1. The number of H-pyrrole nitrogens is 1. The molecule has 0 radical (unpaired) electrons. The maximum absolute atomic E-state index is 13.3. The molecule has 12 rings (SSSR count). The third-order valence-electron chi connectivity index (χ3n) is 21.6. The van der Waals surface area contributed by atoms with Crippen LogP contribution in [0.3, 0.4) is 0 Å². The zero-order valence-corrected chi connectivity index (χ0v) is 39.9. The summed E-state index contributed by atoms with van der Waals surface area (Å²) >= 11 is 3.43. The van der Waals surface area contributed by atoms with Gasteiger partial charge in [-0.1, -0.05) is 29.8 Å². The Bertz CT molecular complexity index is 2210. The van der Waals surface area contributed by atoms with Gasteiger partial charge in [0.25, 0.3) is 0 Å². The summed E-state index contributed by atoms with van der Waals surface area (Å²) in [6.45, 7) is 9.28. The van der Waals surface area contributed by atoms with E-state index in [9.17, 15) is 19.8 Å². The highest BCUT2D eigenvalue weighted by Crippen LogP contribution is 2.85. The third-order valence-corrected chi connectivity index (χ3v) is 22.2. The summed E-state index contributed by atoms with van der Waals surface area (Å²) in [5, 5.41) is 49.3.